The Morgan fingerprint density at radius 1 is 0.833 bits per heavy atom. The van der Waals surface area contributed by atoms with Crippen LogP contribution < -0.4 is 0 Å². The number of aromatic nitrogens is 1. The first-order valence-electron chi connectivity index (χ1n) is 5.64. The number of phenols is 1. The van der Waals surface area contributed by atoms with Gasteiger partial charge in [0, 0.05) is 16.5 Å². The van der Waals surface area contributed by atoms with Gasteiger partial charge in [0.1, 0.15) is 10.8 Å². The summed E-state index contributed by atoms with van der Waals surface area (Å²) < 4.78 is 0. The van der Waals surface area contributed by atoms with Crippen LogP contribution in [0.4, 0.5) is 0 Å². The second-order valence-corrected chi connectivity index (χ2v) is 4.96. The Bertz CT molecular complexity index is 682. The molecule has 2 nitrogen and oxygen atoms in total. The van der Waals surface area contributed by atoms with Gasteiger partial charge in [-0.3, -0.25) is 0 Å². The van der Waals surface area contributed by atoms with Crippen LogP contribution >= 0.6 is 11.8 Å². The zero-order valence-corrected chi connectivity index (χ0v) is 10.4. The van der Waals surface area contributed by atoms with E-state index >= 15 is 0 Å². The molecule has 0 fully saturated rings. The summed E-state index contributed by atoms with van der Waals surface area (Å²) in [7, 11) is 0. The number of phenolic OH excluding ortho intramolecular Hbond substituents is 1. The van der Waals surface area contributed by atoms with Crippen molar-refractivity contribution in [2.24, 2.45) is 0 Å². The van der Waals surface area contributed by atoms with Crippen LogP contribution in [0.25, 0.3) is 10.8 Å². The van der Waals surface area contributed by atoms with Crippen molar-refractivity contribution < 1.29 is 5.11 Å². The third-order valence-corrected chi connectivity index (χ3v) is 3.74. The van der Waals surface area contributed by atoms with Gasteiger partial charge < -0.3 is 5.11 Å². The minimum absolute atomic E-state index is 0.316. The second kappa shape index (κ2) is 4.70. The number of pyridine rings is 1. The smallest absolute Gasteiger partial charge is 0.123 e. The Morgan fingerprint density at radius 2 is 1.61 bits per heavy atom. The molecule has 3 heteroatoms. The van der Waals surface area contributed by atoms with Crippen molar-refractivity contribution in [2.45, 2.75) is 9.92 Å². The number of rotatable bonds is 2. The lowest BCUT2D eigenvalue weighted by molar-refractivity contribution is 0.481. The number of hydrogen-bond donors (Lipinski definition) is 1. The molecule has 0 unspecified atom stereocenters. The van der Waals surface area contributed by atoms with Gasteiger partial charge in [-0.2, -0.15) is 0 Å². The SMILES string of the molecule is Oc1ccc(Sc2ccccn2)c2ccccc12. The molecule has 1 heterocycles. The Labute approximate surface area is 109 Å². The molecule has 2 aromatic carbocycles. The summed E-state index contributed by atoms with van der Waals surface area (Å²) in [5.41, 5.74) is 0. The third kappa shape index (κ3) is 2.05. The maximum absolute atomic E-state index is 9.84. The van der Waals surface area contributed by atoms with Gasteiger partial charge in [0.05, 0.1) is 0 Å². The summed E-state index contributed by atoms with van der Waals surface area (Å²) in [5.74, 6) is 0.316. The highest BCUT2D eigenvalue weighted by atomic mass is 32.2. The van der Waals surface area contributed by atoms with Gasteiger partial charge in [-0.25, -0.2) is 4.98 Å². The molecule has 0 saturated heterocycles. The van der Waals surface area contributed by atoms with Crippen LogP contribution in [-0.4, -0.2) is 10.1 Å². The van der Waals surface area contributed by atoms with Crippen LogP contribution in [0.15, 0.2) is 70.7 Å². The standard InChI is InChI=1S/C15H11NOS/c17-13-8-9-14(12-6-2-1-5-11(12)13)18-15-7-3-4-10-16-15/h1-10,17H. The van der Waals surface area contributed by atoms with Crippen LogP contribution in [0.3, 0.4) is 0 Å². The van der Waals surface area contributed by atoms with E-state index in [-0.39, 0.29) is 0 Å². The molecule has 3 rings (SSSR count). The van der Waals surface area contributed by atoms with Gasteiger partial charge in [-0.1, -0.05) is 42.1 Å². The van der Waals surface area contributed by atoms with Crippen molar-refractivity contribution in [1.82, 2.24) is 4.98 Å². The first-order valence-corrected chi connectivity index (χ1v) is 6.46. The fourth-order valence-corrected chi connectivity index (χ4v) is 2.77. The van der Waals surface area contributed by atoms with Gasteiger partial charge in [0.15, 0.2) is 0 Å². The fourth-order valence-electron chi connectivity index (χ4n) is 1.86. The molecule has 0 aliphatic carbocycles. The highest BCUT2D eigenvalue weighted by Crippen LogP contribution is 2.35. The summed E-state index contributed by atoms with van der Waals surface area (Å²) in [5, 5.41) is 12.7. The number of aromatic hydroxyl groups is 1. The van der Waals surface area contributed by atoms with E-state index in [2.05, 4.69) is 4.98 Å². The van der Waals surface area contributed by atoms with Gasteiger partial charge in [0.25, 0.3) is 0 Å². The zero-order valence-electron chi connectivity index (χ0n) is 9.58. The summed E-state index contributed by atoms with van der Waals surface area (Å²) in [6.07, 6.45) is 1.78. The summed E-state index contributed by atoms with van der Waals surface area (Å²) in [4.78, 5) is 5.40. The number of fused-ring (bicyclic) bond motifs is 1. The predicted molar refractivity (Wildman–Crippen MR) is 74.0 cm³/mol. The van der Waals surface area contributed by atoms with Crippen molar-refractivity contribution in [3.8, 4) is 5.75 Å². The van der Waals surface area contributed by atoms with E-state index in [1.807, 2.05) is 48.5 Å². The van der Waals surface area contributed by atoms with E-state index in [1.54, 1.807) is 24.0 Å². The number of hydrogen-bond acceptors (Lipinski definition) is 3. The maximum atomic E-state index is 9.84. The van der Waals surface area contributed by atoms with Crippen molar-refractivity contribution in [1.29, 1.82) is 0 Å². The van der Waals surface area contributed by atoms with E-state index in [0.717, 1.165) is 20.7 Å². The first kappa shape index (κ1) is 11.1. The van der Waals surface area contributed by atoms with Crippen molar-refractivity contribution in [3.63, 3.8) is 0 Å². The minimum Gasteiger partial charge on any atom is -0.507 e. The number of nitrogens with zero attached hydrogens (tertiary/aromatic N) is 1. The molecule has 0 saturated carbocycles. The molecule has 0 amide bonds. The lowest BCUT2D eigenvalue weighted by atomic mass is 10.1. The van der Waals surface area contributed by atoms with Crippen LogP contribution in [-0.2, 0) is 0 Å². The summed E-state index contributed by atoms with van der Waals surface area (Å²) >= 11 is 1.60. The van der Waals surface area contributed by atoms with Gasteiger partial charge in [-0.15, -0.1) is 0 Å². The van der Waals surface area contributed by atoms with Gasteiger partial charge >= 0.3 is 0 Å². The highest BCUT2D eigenvalue weighted by molar-refractivity contribution is 7.99. The van der Waals surface area contributed by atoms with E-state index < -0.39 is 0 Å². The quantitative estimate of drug-likeness (QED) is 0.746. The second-order valence-electron chi connectivity index (χ2n) is 3.90. The lowest BCUT2D eigenvalue weighted by Gasteiger charge is -2.07. The Morgan fingerprint density at radius 3 is 2.39 bits per heavy atom. The summed E-state index contributed by atoms with van der Waals surface area (Å²) in [6.45, 7) is 0. The summed E-state index contributed by atoms with van der Waals surface area (Å²) in [6, 6.07) is 17.4. The molecular formula is C15H11NOS. The van der Waals surface area contributed by atoms with Gasteiger partial charge in [0.2, 0.25) is 0 Å². The molecule has 0 atom stereocenters. The van der Waals surface area contributed by atoms with E-state index in [9.17, 15) is 5.11 Å². The third-order valence-electron chi connectivity index (χ3n) is 2.71. The van der Waals surface area contributed by atoms with Crippen LogP contribution in [0.2, 0.25) is 0 Å². The van der Waals surface area contributed by atoms with Crippen LogP contribution in [0.5, 0.6) is 5.75 Å². The van der Waals surface area contributed by atoms with Crippen molar-refractivity contribution in [3.05, 3.63) is 60.8 Å². The Balaban J connectivity index is 2.10. The predicted octanol–water partition coefficient (Wildman–Crippen LogP) is 4.09. The lowest BCUT2D eigenvalue weighted by Crippen LogP contribution is -1.81. The van der Waals surface area contributed by atoms with E-state index in [0.29, 0.717) is 5.75 Å². The van der Waals surface area contributed by atoms with Crippen LogP contribution in [0, 0.1) is 0 Å². The van der Waals surface area contributed by atoms with Crippen molar-refractivity contribution in [2.75, 3.05) is 0 Å². The van der Waals surface area contributed by atoms with Crippen LogP contribution in [0.1, 0.15) is 0 Å². The normalized spacial score (nSPS) is 10.7. The molecule has 3 aromatic rings. The largest absolute Gasteiger partial charge is 0.507 e. The molecule has 88 valence electrons. The Hall–Kier alpha value is -2.00. The van der Waals surface area contributed by atoms with Gasteiger partial charge in [-0.05, 0) is 29.7 Å². The fraction of sp³-hybridized carbons (Fsp3) is 0. The monoisotopic (exact) mass is 253 g/mol. The molecule has 0 radical (unpaired) electrons. The van der Waals surface area contributed by atoms with E-state index in [4.69, 9.17) is 0 Å². The molecule has 1 aromatic heterocycles. The molecule has 0 bridgehead atoms. The first-order chi connectivity index (χ1) is 8.84. The van der Waals surface area contributed by atoms with E-state index in [1.165, 1.54) is 0 Å². The highest BCUT2D eigenvalue weighted by Gasteiger charge is 2.06. The topological polar surface area (TPSA) is 33.1 Å². The number of benzene rings is 2. The average molecular weight is 253 g/mol. The minimum atomic E-state index is 0.316. The van der Waals surface area contributed by atoms with Crippen molar-refractivity contribution >= 4 is 22.5 Å². The molecular weight excluding hydrogens is 242 g/mol. The molecule has 0 spiro atoms. The Kier molecular flexibility index (Phi) is 2.90. The molecule has 0 aliphatic heterocycles. The molecule has 1 N–H and O–H groups in total. The molecule has 18 heavy (non-hydrogen) atoms. The average Bonchev–Trinajstić information content (AvgIpc) is 2.44. The zero-order chi connectivity index (χ0) is 12.4. The molecule has 0 aliphatic rings. The maximum Gasteiger partial charge on any atom is 0.123 e.